The molecule has 0 bridgehead atoms. The minimum absolute atomic E-state index is 0.0501. The number of aromatic nitrogens is 2. The highest BCUT2D eigenvalue weighted by Gasteiger charge is 2.35. The molecule has 1 unspecified atom stereocenters. The predicted octanol–water partition coefficient (Wildman–Crippen LogP) is 1.52. The second kappa shape index (κ2) is 6.31. The van der Waals surface area contributed by atoms with Crippen LogP contribution >= 0.6 is 0 Å². The van der Waals surface area contributed by atoms with Gasteiger partial charge in [0.2, 0.25) is 5.89 Å². The lowest BCUT2D eigenvalue weighted by molar-refractivity contribution is 0.0668. The van der Waals surface area contributed by atoms with E-state index in [-0.39, 0.29) is 29.3 Å². The van der Waals surface area contributed by atoms with Crippen molar-refractivity contribution in [2.45, 2.75) is 19.4 Å². The monoisotopic (exact) mass is 353 g/mol. The highest BCUT2D eigenvalue weighted by Crippen LogP contribution is 2.22. The van der Waals surface area contributed by atoms with Crippen LogP contribution in [0.4, 0.5) is 4.39 Å². The molecule has 0 saturated carbocycles. The lowest BCUT2D eigenvalue weighted by atomic mass is 10.2. The van der Waals surface area contributed by atoms with Gasteiger partial charge in [-0.15, -0.1) is 10.2 Å². The molecule has 0 aliphatic carbocycles. The van der Waals surface area contributed by atoms with Gasteiger partial charge in [-0.05, 0) is 37.6 Å². The maximum Gasteiger partial charge on any atom is 0.311 e. The first-order chi connectivity index (χ1) is 11.4. The Kier molecular flexibility index (Phi) is 4.35. The summed E-state index contributed by atoms with van der Waals surface area (Å²) in [6.07, 6.45) is 0.404. The van der Waals surface area contributed by atoms with Gasteiger partial charge in [0, 0.05) is 18.2 Å². The van der Waals surface area contributed by atoms with Gasteiger partial charge in [0.25, 0.3) is 0 Å². The molecule has 2 aromatic rings. The van der Waals surface area contributed by atoms with Gasteiger partial charge in [0.1, 0.15) is 5.82 Å². The molecule has 1 aromatic carbocycles. The summed E-state index contributed by atoms with van der Waals surface area (Å²) in [5.74, 6) is -0.971. The molecule has 1 saturated heterocycles. The Balaban J connectivity index is 1.80. The second-order valence-corrected chi connectivity index (χ2v) is 7.80. The minimum atomic E-state index is -3.10. The van der Waals surface area contributed by atoms with Crippen molar-refractivity contribution >= 4 is 15.7 Å². The molecule has 1 atom stereocenters. The van der Waals surface area contributed by atoms with E-state index in [1.807, 2.05) is 0 Å². The van der Waals surface area contributed by atoms with Crippen LogP contribution in [0, 0.1) is 5.82 Å². The summed E-state index contributed by atoms with van der Waals surface area (Å²) in [7, 11) is -3.10. The van der Waals surface area contributed by atoms with Crippen molar-refractivity contribution in [3.63, 3.8) is 0 Å². The van der Waals surface area contributed by atoms with Crippen LogP contribution in [0.5, 0.6) is 0 Å². The highest BCUT2D eigenvalue weighted by molar-refractivity contribution is 7.91. The molecule has 9 heteroatoms. The smallest absolute Gasteiger partial charge is 0.311 e. The van der Waals surface area contributed by atoms with Gasteiger partial charge in [-0.3, -0.25) is 4.79 Å². The van der Waals surface area contributed by atoms with Crippen LogP contribution in [-0.4, -0.2) is 53.5 Å². The molecule has 1 aliphatic rings. The van der Waals surface area contributed by atoms with E-state index in [4.69, 9.17) is 4.42 Å². The van der Waals surface area contributed by atoms with Gasteiger partial charge in [0.05, 0.1) is 11.5 Å². The van der Waals surface area contributed by atoms with E-state index in [2.05, 4.69) is 10.2 Å². The first-order valence-corrected chi connectivity index (χ1v) is 9.32. The highest BCUT2D eigenvalue weighted by atomic mass is 32.2. The molecule has 7 nitrogen and oxygen atoms in total. The topological polar surface area (TPSA) is 93.4 Å². The number of sulfone groups is 1. The van der Waals surface area contributed by atoms with Crippen molar-refractivity contribution in [3.05, 3.63) is 36.0 Å². The molecular formula is C15H16FN3O4S. The Morgan fingerprint density at radius 3 is 2.62 bits per heavy atom. The van der Waals surface area contributed by atoms with Gasteiger partial charge in [-0.2, -0.15) is 0 Å². The maximum atomic E-state index is 12.9. The van der Waals surface area contributed by atoms with Gasteiger partial charge >= 0.3 is 11.8 Å². The van der Waals surface area contributed by atoms with Gasteiger partial charge in [-0.25, -0.2) is 12.8 Å². The van der Waals surface area contributed by atoms with Crippen molar-refractivity contribution in [1.29, 1.82) is 0 Å². The number of nitrogens with zero attached hydrogens (tertiary/aromatic N) is 3. The number of carbonyl (C=O) groups excluding carboxylic acids is 1. The van der Waals surface area contributed by atoms with Crippen LogP contribution in [0.3, 0.4) is 0 Å². The van der Waals surface area contributed by atoms with Crippen LogP contribution in [0.15, 0.2) is 28.7 Å². The largest absolute Gasteiger partial charge is 0.412 e. The molecule has 1 aliphatic heterocycles. The molecule has 0 N–H and O–H groups in total. The Bertz CT molecular complexity index is 848. The lowest BCUT2D eigenvalue weighted by Crippen LogP contribution is -2.41. The molecule has 0 radical (unpaired) electrons. The van der Waals surface area contributed by atoms with Crippen molar-refractivity contribution in [2.24, 2.45) is 0 Å². The third-order valence-electron chi connectivity index (χ3n) is 3.95. The fourth-order valence-corrected chi connectivity index (χ4v) is 4.46. The number of hydrogen-bond acceptors (Lipinski definition) is 6. The Labute approximate surface area is 138 Å². The maximum absolute atomic E-state index is 12.9. The average Bonchev–Trinajstić information content (AvgIpc) is 3.16. The fraction of sp³-hybridized carbons (Fsp3) is 0.400. The molecule has 1 fully saturated rings. The average molecular weight is 353 g/mol. The van der Waals surface area contributed by atoms with Gasteiger partial charge < -0.3 is 9.32 Å². The van der Waals surface area contributed by atoms with Crippen LogP contribution in [0.1, 0.15) is 24.0 Å². The Morgan fingerprint density at radius 2 is 2.04 bits per heavy atom. The third kappa shape index (κ3) is 3.30. The Morgan fingerprint density at radius 1 is 1.33 bits per heavy atom. The van der Waals surface area contributed by atoms with Gasteiger partial charge in [-0.1, -0.05) is 0 Å². The fourth-order valence-electron chi connectivity index (χ4n) is 2.73. The van der Waals surface area contributed by atoms with Crippen molar-refractivity contribution in [2.75, 3.05) is 18.1 Å². The summed E-state index contributed by atoms with van der Waals surface area (Å²) in [5, 5.41) is 7.54. The van der Waals surface area contributed by atoms with Crippen LogP contribution in [0.2, 0.25) is 0 Å². The lowest BCUT2D eigenvalue weighted by Gasteiger charge is -2.25. The van der Waals surface area contributed by atoms with E-state index >= 15 is 0 Å². The molecule has 24 heavy (non-hydrogen) atoms. The SMILES string of the molecule is CCN(C(=O)c1nnc(-c2ccc(F)cc2)o1)C1CCS(=O)(=O)C1. The van der Waals surface area contributed by atoms with E-state index in [0.29, 0.717) is 18.5 Å². The Hall–Kier alpha value is -2.29. The summed E-state index contributed by atoms with van der Waals surface area (Å²) in [4.78, 5) is 14.0. The zero-order valence-electron chi connectivity index (χ0n) is 13.0. The summed E-state index contributed by atoms with van der Waals surface area (Å²) in [5.41, 5.74) is 0.495. The minimum Gasteiger partial charge on any atom is -0.412 e. The number of hydrogen-bond donors (Lipinski definition) is 0. The molecule has 2 heterocycles. The number of amides is 1. The van der Waals surface area contributed by atoms with Crippen molar-refractivity contribution in [1.82, 2.24) is 15.1 Å². The molecule has 128 valence electrons. The van der Waals surface area contributed by atoms with E-state index in [1.165, 1.54) is 29.2 Å². The summed E-state index contributed by atoms with van der Waals surface area (Å²) < 4.78 is 41.6. The quantitative estimate of drug-likeness (QED) is 0.827. The van der Waals surface area contributed by atoms with Crippen LogP contribution in [-0.2, 0) is 9.84 Å². The van der Waals surface area contributed by atoms with E-state index in [9.17, 15) is 17.6 Å². The molecule has 0 spiro atoms. The number of carbonyl (C=O) groups is 1. The second-order valence-electron chi connectivity index (χ2n) is 5.57. The number of benzene rings is 1. The summed E-state index contributed by atoms with van der Waals surface area (Å²) in [6.45, 7) is 2.10. The first kappa shape index (κ1) is 16.6. The third-order valence-corrected chi connectivity index (χ3v) is 5.70. The van der Waals surface area contributed by atoms with E-state index in [0.717, 1.165) is 0 Å². The van der Waals surface area contributed by atoms with Crippen LogP contribution < -0.4 is 0 Å². The molecule has 1 amide bonds. The zero-order chi connectivity index (χ0) is 17.3. The molecule has 3 rings (SSSR count). The van der Waals surface area contributed by atoms with E-state index < -0.39 is 21.6 Å². The van der Waals surface area contributed by atoms with Crippen molar-refractivity contribution in [3.8, 4) is 11.5 Å². The van der Waals surface area contributed by atoms with Gasteiger partial charge in [0.15, 0.2) is 9.84 Å². The molecular weight excluding hydrogens is 337 g/mol. The predicted molar refractivity (Wildman–Crippen MR) is 83.5 cm³/mol. The zero-order valence-corrected chi connectivity index (χ0v) is 13.8. The number of halogens is 1. The van der Waals surface area contributed by atoms with Crippen molar-refractivity contribution < 1.29 is 22.0 Å². The first-order valence-electron chi connectivity index (χ1n) is 7.50. The summed E-state index contributed by atoms with van der Waals surface area (Å²) in [6, 6.07) is 5.07. The normalized spacial score (nSPS) is 19.3. The standard InChI is InChI=1S/C15H16FN3O4S/c1-2-19(12-7-8-24(21,22)9-12)15(20)14-18-17-13(23-14)10-3-5-11(16)6-4-10/h3-6,12H,2,7-9H2,1H3. The summed E-state index contributed by atoms with van der Waals surface area (Å²) >= 11 is 0. The van der Waals surface area contributed by atoms with Crippen LogP contribution in [0.25, 0.3) is 11.5 Å². The molecule has 1 aromatic heterocycles. The number of rotatable bonds is 4. The van der Waals surface area contributed by atoms with E-state index in [1.54, 1.807) is 6.92 Å².